The van der Waals surface area contributed by atoms with E-state index >= 15 is 0 Å². The monoisotopic (exact) mass is 480 g/mol. The van der Waals surface area contributed by atoms with Crippen molar-refractivity contribution < 1.29 is 4.74 Å². The molecule has 3 heterocycles. The van der Waals surface area contributed by atoms with E-state index in [9.17, 15) is 0 Å². The minimum Gasteiger partial charge on any atom is -0.495 e. The molecule has 0 bridgehead atoms. The predicted molar refractivity (Wildman–Crippen MR) is 148 cm³/mol. The van der Waals surface area contributed by atoms with E-state index in [0.29, 0.717) is 0 Å². The maximum Gasteiger partial charge on any atom is 0.142 e. The third kappa shape index (κ3) is 4.61. The number of aromatic nitrogens is 1. The Morgan fingerprint density at radius 3 is 2.31 bits per heavy atom. The van der Waals surface area contributed by atoms with Gasteiger partial charge >= 0.3 is 0 Å². The number of hydrogen-bond acceptors (Lipinski definition) is 4. The average Bonchev–Trinajstić information content (AvgIpc) is 3.25. The number of piperazine rings is 1. The lowest BCUT2D eigenvalue weighted by atomic mass is 10.0. The SMILES string of the molecule is COc1ccccc1N1CCN(CCn2c3c(c4ccccc42)CN(Cc2ccccc2)CC3)CC1. The lowest BCUT2D eigenvalue weighted by Gasteiger charge is -2.37. The summed E-state index contributed by atoms with van der Waals surface area (Å²) in [6, 6.07) is 28.3. The average molecular weight is 481 g/mol. The molecule has 0 aliphatic carbocycles. The molecule has 4 aromatic rings. The molecule has 1 fully saturated rings. The molecule has 36 heavy (non-hydrogen) atoms. The zero-order valence-electron chi connectivity index (χ0n) is 21.3. The number of methoxy groups -OCH3 is 1. The highest BCUT2D eigenvalue weighted by molar-refractivity contribution is 5.85. The quantitative estimate of drug-likeness (QED) is 0.370. The van der Waals surface area contributed by atoms with E-state index < -0.39 is 0 Å². The molecular weight excluding hydrogens is 444 g/mol. The van der Waals surface area contributed by atoms with Gasteiger partial charge in [-0.1, -0.05) is 60.7 Å². The van der Waals surface area contributed by atoms with Crippen molar-refractivity contribution >= 4 is 16.6 Å². The molecule has 0 atom stereocenters. The van der Waals surface area contributed by atoms with Crippen molar-refractivity contribution in [1.29, 1.82) is 0 Å². The molecule has 2 aliphatic rings. The molecule has 0 unspecified atom stereocenters. The van der Waals surface area contributed by atoms with Crippen molar-refractivity contribution in [2.75, 3.05) is 51.3 Å². The number of para-hydroxylation sites is 3. The fraction of sp³-hybridized carbons (Fsp3) is 0.355. The van der Waals surface area contributed by atoms with Crippen LogP contribution in [0.3, 0.4) is 0 Å². The van der Waals surface area contributed by atoms with Crippen LogP contribution in [0, 0.1) is 0 Å². The fourth-order valence-electron chi connectivity index (χ4n) is 6.03. The molecule has 0 spiro atoms. The molecule has 3 aromatic carbocycles. The van der Waals surface area contributed by atoms with Crippen LogP contribution in [0.1, 0.15) is 16.8 Å². The Bertz CT molecular complexity index is 1310. The van der Waals surface area contributed by atoms with Crippen molar-refractivity contribution in [3.8, 4) is 5.75 Å². The van der Waals surface area contributed by atoms with E-state index in [4.69, 9.17) is 4.74 Å². The van der Waals surface area contributed by atoms with Crippen molar-refractivity contribution in [1.82, 2.24) is 14.4 Å². The molecular formula is C31H36N4O. The lowest BCUT2D eigenvalue weighted by molar-refractivity contribution is 0.235. The van der Waals surface area contributed by atoms with Crippen LogP contribution >= 0.6 is 0 Å². The molecule has 5 nitrogen and oxygen atoms in total. The Hall–Kier alpha value is -3.28. The molecule has 2 aliphatic heterocycles. The number of benzene rings is 3. The summed E-state index contributed by atoms with van der Waals surface area (Å²) >= 11 is 0. The van der Waals surface area contributed by atoms with Gasteiger partial charge in [-0.2, -0.15) is 0 Å². The molecule has 0 saturated carbocycles. The number of rotatable bonds is 7. The highest BCUT2D eigenvalue weighted by Crippen LogP contribution is 2.32. The second kappa shape index (κ2) is 10.4. The Kier molecular flexibility index (Phi) is 6.67. The van der Waals surface area contributed by atoms with Gasteiger partial charge in [-0.05, 0) is 29.3 Å². The van der Waals surface area contributed by atoms with E-state index in [-0.39, 0.29) is 0 Å². The second-order valence-corrected chi connectivity index (χ2v) is 10.0. The van der Waals surface area contributed by atoms with Gasteiger partial charge in [0.05, 0.1) is 12.8 Å². The van der Waals surface area contributed by atoms with E-state index in [1.165, 1.54) is 27.7 Å². The number of fused-ring (bicyclic) bond motifs is 3. The normalized spacial score (nSPS) is 16.9. The van der Waals surface area contributed by atoms with Crippen molar-refractivity contribution in [2.45, 2.75) is 26.1 Å². The van der Waals surface area contributed by atoms with Gasteiger partial charge in [-0.25, -0.2) is 0 Å². The first-order chi connectivity index (χ1) is 17.8. The van der Waals surface area contributed by atoms with Gasteiger partial charge in [-0.15, -0.1) is 0 Å². The molecule has 1 aromatic heterocycles. The van der Waals surface area contributed by atoms with Gasteiger partial charge in [0.25, 0.3) is 0 Å². The summed E-state index contributed by atoms with van der Waals surface area (Å²) in [7, 11) is 1.76. The first kappa shape index (κ1) is 23.1. The summed E-state index contributed by atoms with van der Waals surface area (Å²) in [4.78, 5) is 7.69. The van der Waals surface area contributed by atoms with E-state index in [2.05, 4.69) is 92.1 Å². The first-order valence-electron chi connectivity index (χ1n) is 13.3. The van der Waals surface area contributed by atoms with Crippen LogP contribution in [0.4, 0.5) is 5.69 Å². The second-order valence-electron chi connectivity index (χ2n) is 10.0. The van der Waals surface area contributed by atoms with Crippen LogP contribution in [-0.4, -0.2) is 60.7 Å². The van der Waals surface area contributed by atoms with Crippen LogP contribution in [0.5, 0.6) is 5.75 Å². The van der Waals surface area contributed by atoms with E-state index in [1.807, 2.05) is 6.07 Å². The maximum atomic E-state index is 5.59. The maximum absolute atomic E-state index is 5.59. The zero-order valence-corrected chi connectivity index (χ0v) is 21.3. The van der Waals surface area contributed by atoms with Gasteiger partial charge in [0.2, 0.25) is 0 Å². The third-order valence-electron chi connectivity index (χ3n) is 7.93. The van der Waals surface area contributed by atoms with Crippen LogP contribution in [0.2, 0.25) is 0 Å². The van der Waals surface area contributed by atoms with Crippen molar-refractivity contribution in [3.63, 3.8) is 0 Å². The molecule has 1 saturated heterocycles. The summed E-state index contributed by atoms with van der Waals surface area (Å²) in [6.07, 6.45) is 1.12. The van der Waals surface area contributed by atoms with Gasteiger partial charge in [-0.3, -0.25) is 9.80 Å². The number of nitrogens with zero attached hydrogens (tertiary/aromatic N) is 4. The standard InChI is InChI=1S/C31H36N4O/c1-36-31-14-8-7-13-30(31)34-20-17-32(18-21-34)19-22-35-28-12-6-5-11-26(28)27-24-33(16-15-29(27)35)23-25-9-3-2-4-10-25/h2-14H,15-24H2,1H3. The summed E-state index contributed by atoms with van der Waals surface area (Å²) in [5.74, 6) is 0.970. The van der Waals surface area contributed by atoms with Crippen LogP contribution < -0.4 is 9.64 Å². The van der Waals surface area contributed by atoms with Crippen LogP contribution in [0.25, 0.3) is 10.9 Å². The zero-order chi connectivity index (χ0) is 24.3. The van der Waals surface area contributed by atoms with Crippen molar-refractivity contribution in [2.24, 2.45) is 0 Å². The molecule has 5 heteroatoms. The van der Waals surface area contributed by atoms with Crippen LogP contribution in [0.15, 0.2) is 78.9 Å². The smallest absolute Gasteiger partial charge is 0.142 e. The lowest BCUT2D eigenvalue weighted by Crippen LogP contribution is -2.47. The summed E-state index contributed by atoms with van der Waals surface area (Å²) in [5, 5.41) is 1.44. The fourth-order valence-corrected chi connectivity index (χ4v) is 6.03. The van der Waals surface area contributed by atoms with Crippen molar-refractivity contribution in [3.05, 3.63) is 95.7 Å². The topological polar surface area (TPSA) is 23.9 Å². The Morgan fingerprint density at radius 1 is 0.722 bits per heavy atom. The molecule has 0 radical (unpaired) electrons. The molecule has 0 N–H and O–H groups in total. The summed E-state index contributed by atoms with van der Waals surface area (Å²) in [5.41, 5.74) is 7.10. The van der Waals surface area contributed by atoms with Gasteiger partial charge in [0, 0.05) is 81.9 Å². The molecule has 186 valence electrons. The number of anilines is 1. The van der Waals surface area contributed by atoms with Gasteiger partial charge in [0.1, 0.15) is 5.75 Å². The van der Waals surface area contributed by atoms with Crippen LogP contribution in [-0.2, 0) is 26.1 Å². The summed E-state index contributed by atoms with van der Waals surface area (Å²) < 4.78 is 8.22. The Labute approximate surface area is 214 Å². The van der Waals surface area contributed by atoms with Gasteiger partial charge < -0.3 is 14.2 Å². The van der Waals surface area contributed by atoms with E-state index in [0.717, 1.165) is 71.1 Å². The Balaban J connectivity index is 1.14. The highest BCUT2D eigenvalue weighted by Gasteiger charge is 2.25. The summed E-state index contributed by atoms with van der Waals surface area (Å²) in [6.45, 7) is 9.59. The largest absolute Gasteiger partial charge is 0.495 e. The van der Waals surface area contributed by atoms with Gasteiger partial charge in [0.15, 0.2) is 0 Å². The molecule has 0 amide bonds. The number of ether oxygens (including phenoxy) is 1. The van der Waals surface area contributed by atoms with E-state index in [1.54, 1.807) is 12.8 Å². The molecule has 6 rings (SSSR count). The number of hydrogen-bond donors (Lipinski definition) is 0. The Morgan fingerprint density at radius 2 is 1.47 bits per heavy atom. The minimum absolute atomic E-state index is 0.970. The first-order valence-corrected chi connectivity index (χ1v) is 13.3. The predicted octanol–water partition coefficient (Wildman–Crippen LogP) is 5.03. The third-order valence-corrected chi connectivity index (χ3v) is 7.93. The highest BCUT2D eigenvalue weighted by atomic mass is 16.5. The minimum atomic E-state index is 0.970.